The summed E-state index contributed by atoms with van der Waals surface area (Å²) in [6, 6.07) is 5.82. The molecule has 0 saturated carbocycles. The molecule has 2 aliphatic heterocycles. The molecule has 0 aromatic carbocycles. The number of carbonyl (C=O) groups is 1. The molecule has 0 aliphatic carbocycles. The molecule has 1 unspecified atom stereocenters. The number of aliphatic carboxylic acids is 1. The minimum Gasteiger partial charge on any atom is -0.475 e. The third-order valence-corrected chi connectivity index (χ3v) is 7.64. The Hall–Kier alpha value is -1.76. The van der Waals surface area contributed by atoms with Gasteiger partial charge in [-0.25, -0.2) is 17.5 Å². The second-order valence-electron chi connectivity index (χ2n) is 7.66. The Morgan fingerprint density at radius 3 is 2.53 bits per heavy atom. The van der Waals surface area contributed by atoms with Gasteiger partial charge in [-0.1, -0.05) is 6.07 Å². The van der Waals surface area contributed by atoms with E-state index in [1.807, 2.05) is 18.2 Å². The maximum absolute atomic E-state index is 12.0. The highest BCUT2D eigenvalue weighted by atomic mass is 32.2. The number of aromatic nitrogens is 1. The second kappa shape index (κ2) is 11.4. The number of alkyl halides is 3. The molecule has 182 valence electrons. The lowest BCUT2D eigenvalue weighted by Crippen LogP contribution is -2.49. The van der Waals surface area contributed by atoms with Crippen LogP contribution in [0.15, 0.2) is 24.4 Å². The number of hydrogen-bond donors (Lipinski definition) is 1. The van der Waals surface area contributed by atoms with Gasteiger partial charge in [0.05, 0.1) is 23.7 Å². The number of pyridine rings is 1. The molecule has 12 heteroatoms. The highest BCUT2D eigenvalue weighted by Crippen LogP contribution is 2.42. The van der Waals surface area contributed by atoms with Gasteiger partial charge in [-0.05, 0) is 50.7 Å². The number of nitrogens with zero attached hydrogens (tertiary/aromatic N) is 2. The molecule has 0 radical (unpaired) electrons. The SMILES string of the molecule is CCS(=O)(=O)N1CCC2(CC1)OCCC2CCOCc1ccccn1.O=C(O)C(F)(F)F. The van der Waals surface area contributed by atoms with E-state index in [1.54, 1.807) is 17.4 Å². The van der Waals surface area contributed by atoms with Crippen molar-refractivity contribution in [2.75, 3.05) is 32.1 Å². The maximum Gasteiger partial charge on any atom is 0.490 e. The Morgan fingerprint density at radius 2 is 2.00 bits per heavy atom. The number of ether oxygens (including phenoxy) is 2. The summed E-state index contributed by atoms with van der Waals surface area (Å²) in [6.07, 6.45) is 0.256. The van der Waals surface area contributed by atoms with Gasteiger partial charge in [0.15, 0.2) is 0 Å². The zero-order chi connectivity index (χ0) is 23.8. The Morgan fingerprint density at radius 1 is 1.34 bits per heavy atom. The maximum atomic E-state index is 12.0. The standard InChI is InChI=1S/C18H28N2O4S.C2HF3O2/c1-2-25(21,22)20-11-8-18(9-12-20)16(7-14-24-18)6-13-23-15-17-5-3-4-10-19-17;3-2(4,5)1(6)7/h3-5,10,16H,2,6-9,11-15H2,1H3;(H,6,7). The van der Waals surface area contributed by atoms with E-state index in [0.717, 1.165) is 38.0 Å². The first-order chi connectivity index (χ1) is 15.0. The fourth-order valence-electron chi connectivity index (χ4n) is 3.96. The molecular formula is C20H29F3N2O6S. The largest absolute Gasteiger partial charge is 0.490 e. The van der Waals surface area contributed by atoms with Gasteiger partial charge in [-0.3, -0.25) is 4.98 Å². The summed E-state index contributed by atoms with van der Waals surface area (Å²) in [6.45, 7) is 4.83. The quantitative estimate of drug-likeness (QED) is 0.596. The molecule has 32 heavy (non-hydrogen) atoms. The van der Waals surface area contributed by atoms with E-state index in [4.69, 9.17) is 19.4 Å². The van der Waals surface area contributed by atoms with Crippen LogP contribution in [0.25, 0.3) is 0 Å². The van der Waals surface area contributed by atoms with Gasteiger partial charge >= 0.3 is 12.1 Å². The van der Waals surface area contributed by atoms with Crippen molar-refractivity contribution in [2.24, 2.45) is 5.92 Å². The van der Waals surface area contributed by atoms with E-state index < -0.39 is 22.2 Å². The van der Waals surface area contributed by atoms with Gasteiger partial charge < -0.3 is 14.6 Å². The Labute approximate surface area is 185 Å². The van der Waals surface area contributed by atoms with E-state index in [-0.39, 0.29) is 11.4 Å². The van der Waals surface area contributed by atoms with Gasteiger partial charge in [0, 0.05) is 32.5 Å². The fourth-order valence-corrected chi connectivity index (χ4v) is 5.06. The van der Waals surface area contributed by atoms with Crippen LogP contribution in [0.3, 0.4) is 0 Å². The predicted octanol–water partition coefficient (Wildman–Crippen LogP) is 2.84. The van der Waals surface area contributed by atoms with Crippen molar-refractivity contribution in [2.45, 2.75) is 51.0 Å². The minimum atomic E-state index is -5.08. The Kier molecular flexibility index (Phi) is 9.43. The van der Waals surface area contributed by atoms with E-state index in [1.165, 1.54) is 0 Å². The lowest BCUT2D eigenvalue weighted by Gasteiger charge is -2.41. The van der Waals surface area contributed by atoms with Gasteiger partial charge in [0.25, 0.3) is 0 Å². The van der Waals surface area contributed by atoms with Crippen LogP contribution in [0.4, 0.5) is 13.2 Å². The number of rotatable bonds is 7. The van der Waals surface area contributed by atoms with Crippen LogP contribution in [0.5, 0.6) is 0 Å². The van der Waals surface area contributed by atoms with Crippen molar-refractivity contribution < 1.29 is 41.0 Å². The molecule has 1 aromatic rings. The summed E-state index contributed by atoms with van der Waals surface area (Å²) in [5, 5.41) is 7.12. The summed E-state index contributed by atoms with van der Waals surface area (Å²) < 4.78 is 69.3. The summed E-state index contributed by atoms with van der Waals surface area (Å²) in [5.74, 6) is -2.14. The van der Waals surface area contributed by atoms with Crippen molar-refractivity contribution in [1.29, 1.82) is 0 Å². The molecule has 1 spiro atoms. The van der Waals surface area contributed by atoms with Crippen LogP contribution in [0.2, 0.25) is 0 Å². The molecule has 2 fully saturated rings. The van der Waals surface area contributed by atoms with Crippen molar-refractivity contribution in [3.8, 4) is 0 Å². The first-order valence-corrected chi connectivity index (χ1v) is 12.0. The number of carboxylic acid groups (broad SMARTS) is 1. The average molecular weight is 483 g/mol. The number of carboxylic acids is 1. The molecule has 1 atom stereocenters. The van der Waals surface area contributed by atoms with Crippen LogP contribution >= 0.6 is 0 Å². The van der Waals surface area contributed by atoms with E-state index in [0.29, 0.717) is 32.2 Å². The molecule has 0 bridgehead atoms. The second-order valence-corrected chi connectivity index (χ2v) is 9.92. The molecule has 1 N–H and O–H groups in total. The summed E-state index contributed by atoms with van der Waals surface area (Å²) in [5.41, 5.74) is 0.784. The van der Waals surface area contributed by atoms with E-state index in [2.05, 4.69) is 4.98 Å². The fraction of sp³-hybridized carbons (Fsp3) is 0.700. The Balaban J connectivity index is 0.000000451. The average Bonchev–Trinajstić information content (AvgIpc) is 3.13. The smallest absolute Gasteiger partial charge is 0.475 e. The summed E-state index contributed by atoms with van der Waals surface area (Å²) in [4.78, 5) is 13.2. The minimum absolute atomic E-state index is 0.159. The molecule has 8 nitrogen and oxygen atoms in total. The van der Waals surface area contributed by atoms with E-state index in [9.17, 15) is 21.6 Å². The van der Waals surface area contributed by atoms with Gasteiger partial charge in [-0.15, -0.1) is 0 Å². The molecule has 3 rings (SSSR count). The van der Waals surface area contributed by atoms with Gasteiger partial charge in [0.2, 0.25) is 10.0 Å². The van der Waals surface area contributed by atoms with Crippen molar-refractivity contribution >= 4 is 16.0 Å². The molecule has 2 aliphatic rings. The monoisotopic (exact) mass is 482 g/mol. The zero-order valence-electron chi connectivity index (χ0n) is 17.9. The molecule has 0 amide bonds. The van der Waals surface area contributed by atoms with Gasteiger partial charge in [-0.2, -0.15) is 13.2 Å². The van der Waals surface area contributed by atoms with Crippen LogP contribution in [0, 0.1) is 5.92 Å². The number of piperidine rings is 1. The normalized spacial score (nSPS) is 21.2. The Bertz CT molecular complexity index is 827. The lowest BCUT2D eigenvalue weighted by molar-refractivity contribution is -0.192. The zero-order valence-corrected chi connectivity index (χ0v) is 18.7. The van der Waals surface area contributed by atoms with Crippen molar-refractivity contribution in [3.05, 3.63) is 30.1 Å². The summed E-state index contributed by atoms with van der Waals surface area (Å²) >= 11 is 0. The van der Waals surface area contributed by atoms with Gasteiger partial charge in [0.1, 0.15) is 0 Å². The van der Waals surface area contributed by atoms with E-state index >= 15 is 0 Å². The molecular weight excluding hydrogens is 453 g/mol. The van der Waals surface area contributed by atoms with Crippen LogP contribution < -0.4 is 0 Å². The van der Waals surface area contributed by atoms with Crippen LogP contribution in [0.1, 0.15) is 38.3 Å². The highest BCUT2D eigenvalue weighted by Gasteiger charge is 2.47. The predicted molar refractivity (Wildman–Crippen MR) is 109 cm³/mol. The lowest BCUT2D eigenvalue weighted by atomic mass is 9.78. The first-order valence-electron chi connectivity index (χ1n) is 10.4. The first kappa shape index (κ1) is 26.5. The highest BCUT2D eigenvalue weighted by molar-refractivity contribution is 7.89. The third kappa shape index (κ3) is 7.39. The van der Waals surface area contributed by atoms with Crippen molar-refractivity contribution in [3.63, 3.8) is 0 Å². The molecule has 3 heterocycles. The van der Waals surface area contributed by atoms with Crippen LogP contribution in [-0.2, 0) is 30.9 Å². The molecule has 2 saturated heterocycles. The van der Waals surface area contributed by atoms with Crippen molar-refractivity contribution in [1.82, 2.24) is 9.29 Å². The summed E-state index contributed by atoms with van der Waals surface area (Å²) in [7, 11) is -3.09. The number of hydrogen-bond acceptors (Lipinski definition) is 6. The van der Waals surface area contributed by atoms with Crippen LogP contribution in [-0.4, -0.2) is 72.6 Å². The third-order valence-electron chi connectivity index (χ3n) is 5.76. The topological polar surface area (TPSA) is 106 Å². The number of halogens is 3. The number of sulfonamides is 1. The molecule has 1 aromatic heterocycles.